The van der Waals surface area contributed by atoms with Gasteiger partial charge in [0.15, 0.2) is 11.5 Å². The summed E-state index contributed by atoms with van der Waals surface area (Å²) in [5.74, 6) is -0.237. The van der Waals surface area contributed by atoms with Crippen molar-refractivity contribution in [3.05, 3.63) is 11.8 Å². The topological polar surface area (TPSA) is 43.4 Å². The monoisotopic (exact) mass is 168 g/mol. The van der Waals surface area contributed by atoms with Crippen molar-refractivity contribution in [2.45, 2.75) is 32.6 Å². The Hall–Kier alpha value is -1.12. The number of rotatable bonds is 1. The molecular formula is C9H12O3. The smallest absolute Gasteiger partial charge is 0.308 e. The van der Waals surface area contributed by atoms with Gasteiger partial charge in [0.25, 0.3) is 0 Å². The molecular weight excluding hydrogens is 156 g/mol. The summed E-state index contributed by atoms with van der Waals surface area (Å²) < 4.78 is 4.76. The molecule has 3 heteroatoms. The van der Waals surface area contributed by atoms with Gasteiger partial charge in [-0.1, -0.05) is 0 Å². The Morgan fingerprint density at radius 2 is 2.25 bits per heavy atom. The predicted molar refractivity (Wildman–Crippen MR) is 43.3 cm³/mol. The molecule has 0 bridgehead atoms. The maximum absolute atomic E-state index is 11.2. The normalized spacial score (nSPS) is 18.1. The van der Waals surface area contributed by atoms with E-state index in [1.807, 2.05) is 0 Å². The Morgan fingerprint density at radius 3 is 2.92 bits per heavy atom. The lowest BCUT2D eigenvalue weighted by Crippen LogP contribution is -2.08. The Bertz CT molecular complexity index is 228. The first-order valence-corrected chi connectivity index (χ1v) is 4.12. The maximum Gasteiger partial charge on any atom is 0.308 e. The zero-order valence-corrected chi connectivity index (χ0v) is 7.13. The van der Waals surface area contributed by atoms with Gasteiger partial charge in [0.2, 0.25) is 0 Å². The standard InChI is InChI=1S/C9H12O3/c1-7(10)12-9-6-4-2-3-5-8(9)11/h6H,2-5H2,1H3. The van der Waals surface area contributed by atoms with Crippen molar-refractivity contribution >= 4 is 11.8 Å². The van der Waals surface area contributed by atoms with Crippen LogP contribution in [0, 0.1) is 0 Å². The van der Waals surface area contributed by atoms with E-state index in [1.165, 1.54) is 6.92 Å². The molecule has 0 saturated heterocycles. The second-order valence-corrected chi connectivity index (χ2v) is 2.83. The van der Waals surface area contributed by atoms with E-state index in [4.69, 9.17) is 4.74 Å². The van der Waals surface area contributed by atoms with Gasteiger partial charge in [-0.3, -0.25) is 9.59 Å². The van der Waals surface area contributed by atoms with Gasteiger partial charge in [-0.25, -0.2) is 0 Å². The molecule has 0 atom stereocenters. The zero-order chi connectivity index (χ0) is 8.97. The molecule has 0 fully saturated rings. The van der Waals surface area contributed by atoms with Crippen molar-refractivity contribution < 1.29 is 14.3 Å². The molecule has 0 saturated carbocycles. The minimum atomic E-state index is -0.420. The molecule has 0 aromatic rings. The minimum absolute atomic E-state index is 0.0531. The number of esters is 1. The highest BCUT2D eigenvalue weighted by molar-refractivity contribution is 5.95. The fourth-order valence-electron chi connectivity index (χ4n) is 1.15. The van der Waals surface area contributed by atoms with Crippen LogP contribution in [0.25, 0.3) is 0 Å². The van der Waals surface area contributed by atoms with Crippen molar-refractivity contribution in [1.82, 2.24) is 0 Å². The van der Waals surface area contributed by atoms with E-state index < -0.39 is 5.97 Å². The van der Waals surface area contributed by atoms with Crippen LogP contribution >= 0.6 is 0 Å². The summed E-state index contributed by atoms with van der Waals surface area (Å²) in [6.45, 7) is 1.30. The van der Waals surface area contributed by atoms with Crippen LogP contribution in [-0.4, -0.2) is 11.8 Å². The summed E-state index contributed by atoms with van der Waals surface area (Å²) in [7, 11) is 0. The molecule has 1 aliphatic rings. The predicted octanol–water partition coefficient (Wildman–Crippen LogP) is 1.58. The first kappa shape index (κ1) is 8.97. The van der Waals surface area contributed by atoms with E-state index in [1.54, 1.807) is 6.08 Å². The van der Waals surface area contributed by atoms with Gasteiger partial charge >= 0.3 is 5.97 Å². The van der Waals surface area contributed by atoms with E-state index >= 15 is 0 Å². The van der Waals surface area contributed by atoms with Gasteiger partial charge in [-0.05, 0) is 25.3 Å². The molecule has 0 N–H and O–H groups in total. The number of Topliss-reactive ketones (excluding diaryl/α,β-unsaturated/α-hetero) is 1. The molecule has 0 heterocycles. The summed E-state index contributed by atoms with van der Waals surface area (Å²) in [5, 5.41) is 0. The van der Waals surface area contributed by atoms with Crippen LogP contribution in [0.2, 0.25) is 0 Å². The minimum Gasteiger partial charge on any atom is -0.423 e. The van der Waals surface area contributed by atoms with E-state index in [2.05, 4.69) is 0 Å². The third kappa shape index (κ3) is 2.49. The Labute approximate surface area is 71.4 Å². The van der Waals surface area contributed by atoms with Gasteiger partial charge < -0.3 is 4.74 Å². The van der Waals surface area contributed by atoms with Crippen LogP contribution < -0.4 is 0 Å². The number of carbonyl (C=O) groups is 2. The summed E-state index contributed by atoms with van der Waals surface area (Å²) in [5.41, 5.74) is 0. The Balaban J connectivity index is 2.63. The third-order valence-electron chi connectivity index (χ3n) is 1.72. The van der Waals surface area contributed by atoms with Crippen LogP contribution in [0.5, 0.6) is 0 Å². The molecule has 3 nitrogen and oxygen atoms in total. The van der Waals surface area contributed by atoms with Gasteiger partial charge in [0, 0.05) is 13.3 Å². The van der Waals surface area contributed by atoms with Gasteiger partial charge in [0.05, 0.1) is 0 Å². The maximum atomic E-state index is 11.2. The molecule has 66 valence electrons. The lowest BCUT2D eigenvalue weighted by atomic mass is 10.2. The van der Waals surface area contributed by atoms with Crippen LogP contribution in [0.3, 0.4) is 0 Å². The van der Waals surface area contributed by atoms with Gasteiger partial charge in [-0.15, -0.1) is 0 Å². The van der Waals surface area contributed by atoms with Crippen LogP contribution in [0.15, 0.2) is 11.8 Å². The molecule has 1 rings (SSSR count). The molecule has 0 radical (unpaired) electrons. The molecule has 0 spiro atoms. The average molecular weight is 168 g/mol. The zero-order valence-electron chi connectivity index (χ0n) is 7.13. The van der Waals surface area contributed by atoms with Gasteiger partial charge in [-0.2, -0.15) is 0 Å². The van der Waals surface area contributed by atoms with E-state index in [0.717, 1.165) is 19.3 Å². The molecule has 1 aliphatic carbocycles. The highest BCUT2D eigenvalue weighted by Crippen LogP contribution is 2.14. The number of allylic oxidation sites excluding steroid dienone is 2. The number of ether oxygens (including phenoxy) is 1. The first-order valence-electron chi connectivity index (χ1n) is 4.12. The van der Waals surface area contributed by atoms with E-state index in [0.29, 0.717) is 6.42 Å². The van der Waals surface area contributed by atoms with Gasteiger partial charge in [0.1, 0.15) is 0 Å². The summed E-state index contributed by atoms with van der Waals surface area (Å²) >= 11 is 0. The number of ketones is 1. The highest BCUT2D eigenvalue weighted by atomic mass is 16.5. The number of hydrogen-bond donors (Lipinski definition) is 0. The quantitative estimate of drug-likeness (QED) is 0.558. The first-order chi connectivity index (χ1) is 5.70. The lowest BCUT2D eigenvalue weighted by Gasteiger charge is -2.01. The summed E-state index contributed by atoms with van der Waals surface area (Å²) in [4.78, 5) is 21.8. The van der Waals surface area contributed by atoms with Crippen molar-refractivity contribution in [2.24, 2.45) is 0 Å². The Morgan fingerprint density at radius 1 is 1.50 bits per heavy atom. The molecule has 0 aromatic heterocycles. The van der Waals surface area contributed by atoms with Crippen molar-refractivity contribution in [3.8, 4) is 0 Å². The molecule has 0 amide bonds. The molecule has 0 aliphatic heterocycles. The fraction of sp³-hybridized carbons (Fsp3) is 0.556. The second-order valence-electron chi connectivity index (χ2n) is 2.83. The molecule has 12 heavy (non-hydrogen) atoms. The van der Waals surface area contributed by atoms with Crippen LogP contribution in [0.4, 0.5) is 0 Å². The van der Waals surface area contributed by atoms with Crippen LogP contribution in [0.1, 0.15) is 32.6 Å². The Kier molecular flexibility index (Phi) is 3.02. The number of carbonyl (C=O) groups excluding carboxylic acids is 2. The highest BCUT2D eigenvalue weighted by Gasteiger charge is 2.14. The largest absolute Gasteiger partial charge is 0.423 e. The van der Waals surface area contributed by atoms with E-state index in [9.17, 15) is 9.59 Å². The van der Waals surface area contributed by atoms with Crippen LogP contribution in [-0.2, 0) is 14.3 Å². The third-order valence-corrected chi connectivity index (χ3v) is 1.72. The number of hydrogen-bond acceptors (Lipinski definition) is 3. The van der Waals surface area contributed by atoms with Crippen molar-refractivity contribution in [2.75, 3.05) is 0 Å². The van der Waals surface area contributed by atoms with Crippen molar-refractivity contribution in [3.63, 3.8) is 0 Å². The fourth-order valence-corrected chi connectivity index (χ4v) is 1.15. The van der Waals surface area contributed by atoms with Crippen molar-refractivity contribution in [1.29, 1.82) is 0 Å². The average Bonchev–Trinajstić information content (AvgIpc) is 2.16. The summed E-state index contributed by atoms with van der Waals surface area (Å²) in [6, 6.07) is 0. The lowest BCUT2D eigenvalue weighted by molar-refractivity contribution is -0.140. The SMILES string of the molecule is CC(=O)OC1=CCCCCC1=O. The second kappa shape index (κ2) is 4.04. The molecule has 0 aromatic carbocycles. The summed E-state index contributed by atoms with van der Waals surface area (Å²) in [6.07, 6.45) is 4.92. The molecule has 0 unspecified atom stereocenters. The van der Waals surface area contributed by atoms with E-state index in [-0.39, 0.29) is 11.5 Å².